The zero-order valence-corrected chi connectivity index (χ0v) is 15.6. The van der Waals surface area contributed by atoms with Crippen molar-refractivity contribution in [2.45, 2.75) is 37.7 Å². The van der Waals surface area contributed by atoms with Crippen molar-refractivity contribution < 1.29 is 45.4 Å². The van der Waals surface area contributed by atoms with Crippen LogP contribution in [0.3, 0.4) is 0 Å². The molecule has 0 aliphatic carbocycles. The number of nitrogens with zero attached hydrogens (tertiary/aromatic N) is 1. The molecule has 1 aromatic rings. The maximum atomic E-state index is 12.5. The average Bonchev–Trinajstić information content (AvgIpc) is 2.65. The summed E-state index contributed by atoms with van der Waals surface area (Å²) in [6, 6.07) is 6.27. The maximum absolute atomic E-state index is 12.5. The number of piperidine rings is 1. The van der Waals surface area contributed by atoms with E-state index in [1.165, 1.54) is 12.1 Å². The SMILES string of the molecule is NC(=O)c1cccc(OCCC2CCN(C(=O)OC(C(F)(F)F)C(F)(F)F)CC2)c1. The van der Waals surface area contributed by atoms with E-state index < -0.39 is 30.5 Å². The van der Waals surface area contributed by atoms with E-state index in [4.69, 9.17) is 10.5 Å². The molecule has 0 atom stereocenters. The molecule has 12 heteroatoms. The molecule has 1 saturated heterocycles. The molecule has 0 saturated carbocycles. The lowest BCUT2D eigenvalue weighted by molar-refractivity contribution is -0.308. The van der Waals surface area contributed by atoms with Crippen molar-refractivity contribution in [1.82, 2.24) is 4.90 Å². The van der Waals surface area contributed by atoms with Gasteiger partial charge in [0.15, 0.2) is 0 Å². The molecule has 0 bridgehead atoms. The van der Waals surface area contributed by atoms with Crippen LogP contribution in [0.4, 0.5) is 31.1 Å². The third-order valence-electron chi connectivity index (χ3n) is 4.60. The number of halogens is 6. The summed E-state index contributed by atoms with van der Waals surface area (Å²) in [6.45, 7) is 0.230. The number of likely N-dealkylation sites (tertiary alicyclic amines) is 1. The van der Waals surface area contributed by atoms with Gasteiger partial charge in [0.1, 0.15) is 5.75 Å². The van der Waals surface area contributed by atoms with Crippen molar-refractivity contribution in [1.29, 1.82) is 0 Å². The molecule has 1 aliphatic heterocycles. The lowest BCUT2D eigenvalue weighted by Gasteiger charge is -2.33. The van der Waals surface area contributed by atoms with Gasteiger partial charge in [-0.15, -0.1) is 0 Å². The van der Waals surface area contributed by atoms with Crippen LogP contribution in [0, 0.1) is 5.92 Å². The van der Waals surface area contributed by atoms with Gasteiger partial charge in [-0.05, 0) is 43.4 Å². The van der Waals surface area contributed by atoms with E-state index in [9.17, 15) is 35.9 Å². The van der Waals surface area contributed by atoms with Gasteiger partial charge in [0, 0.05) is 18.7 Å². The number of hydrogen-bond donors (Lipinski definition) is 1. The second kappa shape index (κ2) is 9.43. The highest BCUT2D eigenvalue weighted by Crippen LogP contribution is 2.36. The molecule has 2 N–H and O–H groups in total. The van der Waals surface area contributed by atoms with Gasteiger partial charge in [-0.1, -0.05) is 6.07 Å². The van der Waals surface area contributed by atoms with Gasteiger partial charge in [-0.3, -0.25) is 4.79 Å². The van der Waals surface area contributed by atoms with E-state index in [-0.39, 0.29) is 31.2 Å². The minimum absolute atomic E-state index is 0.0247. The molecule has 1 fully saturated rings. The summed E-state index contributed by atoms with van der Waals surface area (Å²) in [6.07, 6.45) is -16.0. The number of benzene rings is 1. The third kappa shape index (κ3) is 6.70. The van der Waals surface area contributed by atoms with Gasteiger partial charge < -0.3 is 20.1 Å². The Morgan fingerprint density at radius 1 is 1.10 bits per heavy atom. The molecular formula is C18H20F6N2O4. The van der Waals surface area contributed by atoms with E-state index in [1.54, 1.807) is 12.1 Å². The molecule has 0 spiro atoms. The van der Waals surface area contributed by atoms with Crippen LogP contribution in [0.1, 0.15) is 29.6 Å². The number of nitrogens with two attached hydrogens (primary N) is 1. The van der Waals surface area contributed by atoms with E-state index in [0.717, 1.165) is 4.90 Å². The Kier molecular flexibility index (Phi) is 7.43. The van der Waals surface area contributed by atoms with E-state index in [2.05, 4.69) is 4.74 Å². The van der Waals surface area contributed by atoms with Crippen LogP contribution < -0.4 is 10.5 Å². The smallest absolute Gasteiger partial charge is 0.434 e. The summed E-state index contributed by atoms with van der Waals surface area (Å²) in [5.74, 6) is -0.0925. The van der Waals surface area contributed by atoms with E-state index >= 15 is 0 Å². The van der Waals surface area contributed by atoms with Crippen molar-refractivity contribution >= 4 is 12.0 Å². The Morgan fingerprint density at radius 3 is 2.23 bits per heavy atom. The number of hydrogen-bond acceptors (Lipinski definition) is 4. The second-order valence-corrected chi connectivity index (χ2v) is 6.81. The fourth-order valence-corrected chi connectivity index (χ4v) is 2.98. The predicted octanol–water partition coefficient (Wildman–Crippen LogP) is 3.90. The molecule has 168 valence electrons. The van der Waals surface area contributed by atoms with Crippen molar-refractivity contribution in [3.8, 4) is 5.75 Å². The molecule has 1 heterocycles. The van der Waals surface area contributed by atoms with Crippen LogP contribution in [0.25, 0.3) is 0 Å². The van der Waals surface area contributed by atoms with Crippen molar-refractivity contribution in [3.05, 3.63) is 29.8 Å². The van der Waals surface area contributed by atoms with Crippen LogP contribution in [0.2, 0.25) is 0 Å². The Balaban J connectivity index is 1.78. The Morgan fingerprint density at radius 2 is 1.70 bits per heavy atom. The summed E-state index contributed by atoms with van der Waals surface area (Å²) < 4.78 is 84.2. The highest BCUT2D eigenvalue weighted by atomic mass is 19.4. The third-order valence-corrected chi connectivity index (χ3v) is 4.60. The van der Waals surface area contributed by atoms with E-state index in [1.807, 2.05) is 0 Å². The first-order valence-electron chi connectivity index (χ1n) is 8.99. The number of ether oxygens (including phenoxy) is 2. The van der Waals surface area contributed by atoms with Crippen LogP contribution in [-0.4, -0.2) is 55.1 Å². The number of alkyl halides is 6. The summed E-state index contributed by atoms with van der Waals surface area (Å²) in [7, 11) is 0. The summed E-state index contributed by atoms with van der Waals surface area (Å²) in [5.41, 5.74) is 5.47. The fourth-order valence-electron chi connectivity index (χ4n) is 2.98. The van der Waals surface area contributed by atoms with Crippen molar-refractivity contribution in [2.75, 3.05) is 19.7 Å². The highest BCUT2D eigenvalue weighted by Gasteiger charge is 2.60. The van der Waals surface area contributed by atoms with E-state index in [0.29, 0.717) is 25.0 Å². The predicted molar refractivity (Wildman–Crippen MR) is 91.7 cm³/mol. The topological polar surface area (TPSA) is 81.9 Å². The number of rotatable bonds is 6. The number of amides is 2. The molecular weight excluding hydrogens is 422 g/mol. The lowest BCUT2D eigenvalue weighted by Crippen LogP contribution is -2.49. The first-order valence-corrected chi connectivity index (χ1v) is 8.99. The average molecular weight is 442 g/mol. The van der Waals surface area contributed by atoms with Crippen LogP contribution in [-0.2, 0) is 4.74 Å². The van der Waals surface area contributed by atoms with Gasteiger partial charge >= 0.3 is 18.4 Å². The summed E-state index contributed by atoms with van der Waals surface area (Å²) in [4.78, 5) is 23.7. The van der Waals surface area contributed by atoms with Gasteiger partial charge in [-0.25, -0.2) is 4.79 Å². The van der Waals surface area contributed by atoms with Crippen LogP contribution in [0.15, 0.2) is 24.3 Å². The minimum atomic E-state index is -5.74. The molecule has 2 amide bonds. The largest absolute Gasteiger partial charge is 0.494 e. The molecule has 30 heavy (non-hydrogen) atoms. The Labute approximate surface area is 167 Å². The summed E-state index contributed by atoms with van der Waals surface area (Å²) >= 11 is 0. The molecule has 1 aliphatic rings. The second-order valence-electron chi connectivity index (χ2n) is 6.81. The molecule has 6 nitrogen and oxygen atoms in total. The summed E-state index contributed by atoms with van der Waals surface area (Å²) in [5, 5.41) is 0. The van der Waals surface area contributed by atoms with Crippen LogP contribution >= 0.6 is 0 Å². The zero-order chi connectivity index (χ0) is 22.5. The quantitative estimate of drug-likeness (QED) is 0.678. The van der Waals surface area contributed by atoms with Gasteiger partial charge in [0.05, 0.1) is 6.61 Å². The highest BCUT2D eigenvalue weighted by molar-refractivity contribution is 5.93. The molecule has 2 rings (SSSR count). The van der Waals surface area contributed by atoms with Crippen LogP contribution in [0.5, 0.6) is 5.75 Å². The number of primary amides is 1. The van der Waals surface area contributed by atoms with Crippen molar-refractivity contribution in [2.24, 2.45) is 11.7 Å². The number of carbonyl (C=O) groups excluding carboxylic acids is 2. The van der Waals surface area contributed by atoms with Gasteiger partial charge in [0.25, 0.3) is 6.10 Å². The lowest BCUT2D eigenvalue weighted by atomic mass is 9.94. The Bertz CT molecular complexity index is 731. The van der Waals surface area contributed by atoms with Gasteiger partial charge in [0.2, 0.25) is 5.91 Å². The standard InChI is InChI=1S/C18H20F6N2O4/c19-17(20,21)15(18(22,23)24)30-16(28)26-7-4-11(5-8-26)6-9-29-13-3-1-2-12(10-13)14(25)27/h1-3,10-11,15H,4-9H2,(H2,25,27). The minimum Gasteiger partial charge on any atom is -0.494 e. The zero-order valence-electron chi connectivity index (χ0n) is 15.6. The number of carbonyl (C=O) groups is 2. The fraction of sp³-hybridized carbons (Fsp3) is 0.556. The first-order chi connectivity index (χ1) is 13.9. The molecule has 0 aromatic heterocycles. The normalized spacial score (nSPS) is 15.9. The first kappa shape index (κ1) is 23.6. The molecule has 0 radical (unpaired) electrons. The Hall–Kier alpha value is -2.66. The van der Waals surface area contributed by atoms with Gasteiger partial charge in [-0.2, -0.15) is 26.3 Å². The molecule has 1 aromatic carbocycles. The van der Waals surface area contributed by atoms with Crippen molar-refractivity contribution in [3.63, 3.8) is 0 Å². The monoisotopic (exact) mass is 442 g/mol. The maximum Gasteiger partial charge on any atom is 0.434 e. The molecule has 0 unspecified atom stereocenters.